The highest BCUT2D eigenvalue weighted by Crippen LogP contribution is 2.27. The van der Waals surface area contributed by atoms with Crippen LogP contribution in [0.4, 0.5) is 4.39 Å². The van der Waals surface area contributed by atoms with Gasteiger partial charge in [0.15, 0.2) is 5.69 Å². The molecule has 5 nitrogen and oxygen atoms in total. The van der Waals surface area contributed by atoms with Crippen LogP contribution in [0.15, 0.2) is 78.9 Å². The van der Waals surface area contributed by atoms with Gasteiger partial charge in [0.25, 0.3) is 0 Å². The summed E-state index contributed by atoms with van der Waals surface area (Å²) in [5.41, 5.74) is 3.36. The topological polar surface area (TPSA) is 53.4 Å². The van der Waals surface area contributed by atoms with Crippen LogP contribution in [0.3, 0.4) is 0 Å². The Labute approximate surface area is 173 Å². The number of aromatic nitrogens is 2. The summed E-state index contributed by atoms with van der Waals surface area (Å²) in [6.45, 7) is 2.02. The Morgan fingerprint density at radius 2 is 1.50 bits per heavy atom. The summed E-state index contributed by atoms with van der Waals surface area (Å²) >= 11 is 0. The normalized spacial score (nSPS) is 10.6. The molecule has 0 aliphatic carbocycles. The molecule has 3 aromatic carbocycles. The summed E-state index contributed by atoms with van der Waals surface area (Å²) in [4.78, 5) is 12.2. The zero-order valence-corrected chi connectivity index (χ0v) is 16.5. The highest BCUT2D eigenvalue weighted by atomic mass is 19.1. The van der Waals surface area contributed by atoms with Crippen LogP contribution >= 0.6 is 0 Å². The molecule has 1 heterocycles. The monoisotopic (exact) mass is 402 g/mol. The van der Waals surface area contributed by atoms with Crippen LogP contribution in [0.5, 0.6) is 11.5 Å². The second-order valence-corrected chi connectivity index (χ2v) is 6.73. The Hall–Kier alpha value is -3.93. The quantitative estimate of drug-likeness (QED) is 0.410. The SMILES string of the molecule is COC(=O)c1cc(-c2ccc(Oc3ccc(C)cc3)cc2)nn1-c1ccc(F)cc1. The molecule has 0 bridgehead atoms. The number of hydrogen-bond donors (Lipinski definition) is 0. The summed E-state index contributed by atoms with van der Waals surface area (Å²) in [5, 5.41) is 4.53. The lowest BCUT2D eigenvalue weighted by atomic mass is 10.1. The fraction of sp³-hybridized carbons (Fsp3) is 0.0833. The molecular weight excluding hydrogens is 383 g/mol. The molecule has 0 amide bonds. The van der Waals surface area contributed by atoms with Crippen molar-refractivity contribution >= 4 is 5.97 Å². The van der Waals surface area contributed by atoms with Gasteiger partial charge in [0, 0.05) is 5.56 Å². The number of methoxy groups -OCH3 is 1. The fourth-order valence-corrected chi connectivity index (χ4v) is 2.99. The molecule has 0 aliphatic rings. The van der Waals surface area contributed by atoms with Crippen molar-refractivity contribution in [1.29, 1.82) is 0 Å². The van der Waals surface area contributed by atoms with E-state index in [2.05, 4.69) is 5.10 Å². The first-order valence-corrected chi connectivity index (χ1v) is 9.33. The summed E-state index contributed by atoms with van der Waals surface area (Å²) in [7, 11) is 1.31. The molecule has 0 atom stereocenters. The molecule has 0 unspecified atom stereocenters. The van der Waals surface area contributed by atoms with Crippen molar-refractivity contribution in [2.45, 2.75) is 6.92 Å². The Bertz CT molecular complexity index is 1160. The van der Waals surface area contributed by atoms with E-state index in [1.165, 1.54) is 23.9 Å². The molecule has 0 saturated heterocycles. The van der Waals surface area contributed by atoms with E-state index in [1.54, 1.807) is 18.2 Å². The zero-order chi connectivity index (χ0) is 21.1. The number of ether oxygens (including phenoxy) is 2. The van der Waals surface area contributed by atoms with Gasteiger partial charge < -0.3 is 9.47 Å². The third kappa shape index (κ3) is 4.07. The Kier molecular flexibility index (Phi) is 5.30. The first-order valence-electron chi connectivity index (χ1n) is 9.33. The number of aryl methyl sites for hydroxylation is 1. The summed E-state index contributed by atoms with van der Waals surface area (Å²) in [5.74, 6) is 0.544. The summed E-state index contributed by atoms with van der Waals surface area (Å²) in [6.07, 6.45) is 0. The van der Waals surface area contributed by atoms with Gasteiger partial charge in [0.1, 0.15) is 17.3 Å². The Morgan fingerprint density at radius 3 is 2.10 bits per heavy atom. The van der Waals surface area contributed by atoms with E-state index < -0.39 is 5.97 Å². The van der Waals surface area contributed by atoms with Gasteiger partial charge in [-0.1, -0.05) is 17.7 Å². The van der Waals surface area contributed by atoms with Crippen LogP contribution in [0.1, 0.15) is 16.1 Å². The second-order valence-electron chi connectivity index (χ2n) is 6.73. The highest BCUT2D eigenvalue weighted by molar-refractivity contribution is 5.89. The number of carbonyl (C=O) groups excluding carboxylic acids is 1. The van der Waals surface area contributed by atoms with E-state index in [4.69, 9.17) is 9.47 Å². The first kappa shape index (κ1) is 19.4. The smallest absolute Gasteiger partial charge is 0.356 e. The van der Waals surface area contributed by atoms with Crippen LogP contribution in [-0.4, -0.2) is 22.9 Å². The number of rotatable bonds is 5. The predicted molar refractivity (Wildman–Crippen MR) is 112 cm³/mol. The average Bonchev–Trinajstić information content (AvgIpc) is 3.21. The Morgan fingerprint density at radius 1 is 0.900 bits per heavy atom. The van der Waals surface area contributed by atoms with Crippen molar-refractivity contribution in [3.63, 3.8) is 0 Å². The molecule has 6 heteroatoms. The molecule has 0 saturated carbocycles. The number of nitrogens with zero attached hydrogens (tertiary/aromatic N) is 2. The first-order chi connectivity index (χ1) is 14.5. The number of benzene rings is 3. The fourth-order valence-electron chi connectivity index (χ4n) is 2.99. The molecule has 1 aromatic heterocycles. The van der Waals surface area contributed by atoms with Crippen molar-refractivity contribution in [2.75, 3.05) is 7.11 Å². The highest BCUT2D eigenvalue weighted by Gasteiger charge is 2.18. The van der Waals surface area contributed by atoms with E-state index >= 15 is 0 Å². The molecule has 0 radical (unpaired) electrons. The van der Waals surface area contributed by atoms with Crippen molar-refractivity contribution in [3.8, 4) is 28.4 Å². The number of hydrogen-bond acceptors (Lipinski definition) is 4. The lowest BCUT2D eigenvalue weighted by Crippen LogP contribution is -2.10. The maximum absolute atomic E-state index is 13.3. The van der Waals surface area contributed by atoms with Crippen LogP contribution in [0.2, 0.25) is 0 Å². The Balaban J connectivity index is 1.64. The molecule has 4 aromatic rings. The van der Waals surface area contributed by atoms with Crippen molar-refractivity contribution in [3.05, 3.63) is 95.9 Å². The standard InChI is InChI=1S/C24H19FN2O3/c1-16-3-11-20(12-4-16)30-21-13-5-17(6-14-21)22-15-23(24(28)29-2)27(26-22)19-9-7-18(25)8-10-19/h3-15H,1-2H3. The molecular formula is C24H19FN2O3. The summed E-state index contributed by atoms with van der Waals surface area (Å²) < 4.78 is 25.4. The van der Waals surface area contributed by atoms with Gasteiger partial charge in [0.05, 0.1) is 18.5 Å². The zero-order valence-electron chi connectivity index (χ0n) is 16.5. The third-order valence-electron chi connectivity index (χ3n) is 4.58. The largest absolute Gasteiger partial charge is 0.464 e. The molecule has 0 fully saturated rings. The van der Waals surface area contributed by atoms with Gasteiger partial charge in [-0.15, -0.1) is 0 Å². The molecule has 4 rings (SSSR count). The number of halogens is 1. The summed E-state index contributed by atoms with van der Waals surface area (Å²) in [6, 6.07) is 22.6. The lowest BCUT2D eigenvalue weighted by molar-refractivity contribution is 0.0590. The van der Waals surface area contributed by atoms with Gasteiger partial charge in [-0.25, -0.2) is 13.9 Å². The molecule has 0 aliphatic heterocycles. The van der Waals surface area contributed by atoms with E-state index in [1.807, 2.05) is 55.5 Å². The van der Waals surface area contributed by atoms with E-state index in [0.29, 0.717) is 17.1 Å². The molecule has 0 spiro atoms. The van der Waals surface area contributed by atoms with Gasteiger partial charge in [-0.3, -0.25) is 0 Å². The van der Waals surface area contributed by atoms with Gasteiger partial charge in [0.2, 0.25) is 0 Å². The number of esters is 1. The molecule has 0 N–H and O–H groups in total. The third-order valence-corrected chi connectivity index (χ3v) is 4.58. The van der Waals surface area contributed by atoms with Crippen LogP contribution < -0.4 is 4.74 Å². The molecule has 30 heavy (non-hydrogen) atoms. The van der Waals surface area contributed by atoms with Crippen molar-refractivity contribution in [1.82, 2.24) is 9.78 Å². The van der Waals surface area contributed by atoms with E-state index in [0.717, 1.165) is 16.9 Å². The maximum Gasteiger partial charge on any atom is 0.356 e. The van der Waals surface area contributed by atoms with Gasteiger partial charge in [-0.2, -0.15) is 5.10 Å². The van der Waals surface area contributed by atoms with Gasteiger partial charge in [-0.05, 0) is 73.7 Å². The molecule has 150 valence electrons. The van der Waals surface area contributed by atoms with Crippen LogP contribution in [0.25, 0.3) is 16.9 Å². The lowest BCUT2D eigenvalue weighted by Gasteiger charge is -2.07. The second kappa shape index (κ2) is 8.21. The predicted octanol–water partition coefficient (Wildman–Crippen LogP) is 5.57. The minimum absolute atomic E-state index is 0.249. The van der Waals surface area contributed by atoms with E-state index in [-0.39, 0.29) is 11.5 Å². The van der Waals surface area contributed by atoms with Crippen molar-refractivity contribution in [2.24, 2.45) is 0 Å². The average molecular weight is 402 g/mol. The van der Waals surface area contributed by atoms with Gasteiger partial charge >= 0.3 is 5.97 Å². The minimum Gasteiger partial charge on any atom is -0.464 e. The van der Waals surface area contributed by atoms with E-state index in [9.17, 15) is 9.18 Å². The minimum atomic E-state index is -0.530. The van der Waals surface area contributed by atoms with Crippen molar-refractivity contribution < 1.29 is 18.7 Å². The number of carbonyl (C=O) groups is 1. The van der Waals surface area contributed by atoms with Crippen LogP contribution in [-0.2, 0) is 4.74 Å². The van der Waals surface area contributed by atoms with Crippen LogP contribution in [0, 0.1) is 12.7 Å². The maximum atomic E-state index is 13.3.